The van der Waals surface area contributed by atoms with Gasteiger partial charge in [-0.3, -0.25) is 9.69 Å². The maximum atomic E-state index is 12.9. The zero-order valence-corrected chi connectivity index (χ0v) is 29.1. The van der Waals surface area contributed by atoms with Crippen LogP contribution in [0.15, 0.2) is 48.5 Å². The molecule has 2 aliphatic heterocycles. The molecule has 4 aromatic rings. The second-order valence-corrected chi connectivity index (χ2v) is 13.5. The summed E-state index contributed by atoms with van der Waals surface area (Å²) in [5, 5.41) is 15.9. The number of carbonyl (C=O) groups is 2. The number of amides is 3. The number of anilines is 3. The number of benzene rings is 2. The lowest BCUT2D eigenvalue weighted by Crippen LogP contribution is -2.46. The van der Waals surface area contributed by atoms with Gasteiger partial charge >= 0.3 is 6.03 Å². The van der Waals surface area contributed by atoms with Crippen molar-refractivity contribution in [2.24, 2.45) is 0 Å². The van der Waals surface area contributed by atoms with Crippen LogP contribution >= 0.6 is 11.6 Å². The van der Waals surface area contributed by atoms with Gasteiger partial charge in [0.2, 0.25) is 5.88 Å². The lowest BCUT2D eigenvalue weighted by Gasteiger charge is -2.28. The number of nitrogens with zero attached hydrogens (tertiary/aromatic N) is 3. The third-order valence-corrected chi connectivity index (χ3v) is 10.5. The number of aromatic nitrogens is 2. The Morgan fingerprint density at radius 1 is 1.06 bits per heavy atom. The Labute approximate surface area is 291 Å². The van der Waals surface area contributed by atoms with Crippen LogP contribution < -0.4 is 31.3 Å². The summed E-state index contributed by atoms with van der Waals surface area (Å²) in [5.74, 6) is 0.841. The van der Waals surface area contributed by atoms with Crippen molar-refractivity contribution in [1.29, 1.82) is 0 Å². The van der Waals surface area contributed by atoms with Crippen LogP contribution in [0.1, 0.15) is 51.6 Å². The van der Waals surface area contributed by atoms with Gasteiger partial charge in [-0.15, -0.1) is 0 Å². The van der Waals surface area contributed by atoms with Crippen molar-refractivity contribution < 1.29 is 14.3 Å². The molecule has 2 aromatic carbocycles. The van der Waals surface area contributed by atoms with Crippen LogP contribution in [-0.2, 0) is 6.42 Å². The molecule has 5 N–H and O–H groups in total. The van der Waals surface area contributed by atoms with E-state index in [1.807, 2.05) is 56.3 Å². The number of carbonyl (C=O) groups excluding carboxylic acids is 2. The number of halogens is 1. The van der Waals surface area contributed by atoms with Crippen molar-refractivity contribution in [1.82, 2.24) is 30.8 Å². The van der Waals surface area contributed by atoms with Gasteiger partial charge in [-0.1, -0.05) is 41.9 Å². The normalized spacial score (nSPS) is 19.8. The maximum absolute atomic E-state index is 12.9. The Hall–Kier alpha value is -4.87. The Morgan fingerprint density at radius 3 is 2.57 bits per heavy atom. The molecule has 0 unspecified atom stereocenters. The minimum absolute atomic E-state index is 0.0867. The second kappa shape index (κ2) is 12.9. The molecule has 1 spiro atoms. The van der Waals surface area contributed by atoms with Gasteiger partial charge in [0.05, 0.1) is 29.1 Å². The molecule has 3 amide bonds. The van der Waals surface area contributed by atoms with Gasteiger partial charge in [-0.05, 0) is 68.0 Å². The van der Waals surface area contributed by atoms with Crippen LogP contribution in [0.5, 0.6) is 5.88 Å². The number of fused-ring (bicyclic) bond motifs is 1. The average molecular weight is 681 g/mol. The van der Waals surface area contributed by atoms with E-state index in [9.17, 15) is 9.59 Å². The molecule has 11 nitrogen and oxygen atoms in total. The van der Waals surface area contributed by atoms with Gasteiger partial charge in [0.25, 0.3) is 5.91 Å². The van der Waals surface area contributed by atoms with Gasteiger partial charge in [-0.2, -0.15) is 0 Å². The molecule has 2 fully saturated rings. The van der Waals surface area contributed by atoms with Crippen LogP contribution in [-0.4, -0.2) is 73.2 Å². The first kappa shape index (κ1) is 32.7. The fourth-order valence-electron chi connectivity index (χ4n) is 7.68. The number of likely N-dealkylation sites (tertiary alicyclic amines) is 1. The first-order valence-corrected chi connectivity index (χ1v) is 17.0. The van der Waals surface area contributed by atoms with E-state index in [1.165, 1.54) is 5.56 Å². The molecule has 4 heterocycles. The average Bonchev–Trinajstić information content (AvgIpc) is 3.82. The number of rotatable bonds is 8. The SMILES string of the molecule is CNC(=O)c1c(NC)cc(C)nc1Nc1cccc(-c2cccc(-c3cc4c(c(OC)n3)[C@@H](N3CC[C@]5(CNC(=O)N5)C3)CC4)c2Cl)c1C. The van der Waals surface area contributed by atoms with E-state index in [2.05, 4.69) is 42.5 Å². The van der Waals surface area contributed by atoms with Crippen LogP contribution in [0.25, 0.3) is 22.4 Å². The van der Waals surface area contributed by atoms with E-state index in [0.717, 1.165) is 77.2 Å². The summed E-state index contributed by atoms with van der Waals surface area (Å²) in [6.07, 6.45) is 2.79. The quantitative estimate of drug-likeness (QED) is 0.154. The molecule has 3 aliphatic rings. The molecule has 49 heavy (non-hydrogen) atoms. The summed E-state index contributed by atoms with van der Waals surface area (Å²) < 4.78 is 5.94. The molecule has 254 valence electrons. The number of urea groups is 1. The smallest absolute Gasteiger partial charge is 0.315 e. The first-order chi connectivity index (χ1) is 23.6. The van der Waals surface area contributed by atoms with E-state index in [1.54, 1.807) is 21.2 Å². The van der Waals surface area contributed by atoms with E-state index in [-0.39, 0.29) is 23.5 Å². The molecular formula is C37H41ClN8O3. The highest BCUT2D eigenvalue weighted by molar-refractivity contribution is 6.36. The van der Waals surface area contributed by atoms with Gasteiger partial charge in [-0.25, -0.2) is 14.8 Å². The Kier molecular flexibility index (Phi) is 8.58. The number of hydrogen-bond donors (Lipinski definition) is 5. The maximum Gasteiger partial charge on any atom is 0.315 e. The third kappa shape index (κ3) is 5.80. The third-order valence-electron chi connectivity index (χ3n) is 10.1. The summed E-state index contributed by atoms with van der Waals surface area (Å²) in [7, 11) is 5.06. The molecule has 2 atom stereocenters. The Morgan fingerprint density at radius 2 is 1.84 bits per heavy atom. The molecule has 12 heteroatoms. The highest BCUT2D eigenvalue weighted by atomic mass is 35.5. The summed E-state index contributed by atoms with van der Waals surface area (Å²) >= 11 is 7.24. The number of hydrogen-bond acceptors (Lipinski definition) is 8. The molecule has 7 rings (SSSR count). The zero-order valence-electron chi connectivity index (χ0n) is 28.4. The summed E-state index contributed by atoms with van der Waals surface area (Å²) in [5.41, 5.74) is 9.20. The Bertz CT molecular complexity index is 1980. The van der Waals surface area contributed by atoms with E-state index >= 15 is 0 Å². The number of ether oxygens (including phenoxy) is 1. The fourth-order valence-corrected chi connectivity index (χ4v) is 8.00. The summed E-state index contributed by atoms with van der Waals surface area (Å²) in [6.45, 7) is 6.28. The zero-order chi connectivity index (χ0) is 34.4. The highest BCUT2D eigenvalue weighted by Crippen LogP contribution is 2.46. The van der Waals surface area contributed by atoms with E-state index < -0.39 is 0 Å². The van der Waals surface area contributed by atoms with Crippen molar-refractivity contribution in [2.75, 3.05) is 51.5 Å². The molecule has 1 aliphatic carbocycles. The van der Waals surface area contributed by atoms with Crippen LogP contribution in [0.3, 0.4) is 0 Å². The van der Waals surface area contributed by atoms with Crippen molar-refractivity contribution in [2.45, 2.75) is 44.7 Å². The topological polar surface area (TPSA) is 133 Å². The van der Waals surface area contributed by atoms with Crippen LogP contribution in [0, 0.1) is 13.8 Å². The predicted molar refractivity (Wildman–Crippen MR) is 193 cm³/mol. The summed E-state index contributed by atoms with van der Waals surface area (Å²) in [4.78, 5) is 37.0. The van der Waals surface area contributed by atoms with Crippen molar-refractivity contribution in [3.05, 3.63) is 81.5 Å². The van der Waals surface area contributed by atoms with Crippen LogP contribution in [0.2, 0.25) is 5.02 Å². The number of nitrogens with one attached hydrogen (secondary N) is 5. The summed E-state index contributed by atoms with van der Waals surface area (Å²) in [6, 6.07) is 16.1. The van der Waals surface area contributed by atoms with Gasteiger partial charge in [0.1, 0.15) is 11.4 Å². The number of pyridine rings is 2. The number of aryl methyl sites for hydroxylation is 2. The molecular weight excluding hydrogens is 640 g/mol. The standard InChI is InChI=1S/C37H41ClN8O3/c1-20-16-28(39-3)31(34(47)40-4)33(42-20)43-26-11-7-8-23(21(26)2)24-9-6-10-25(32(24)38)27-17-22-12-13-29(30(22)35(44-27)49-5)46-15-14-37(19-46)18-41-36(48)45-37/h6-11,16-17,29H,12-15,18-19H2,1-5H3,(H,40,47)(H2,39,42,43)(H2,41,45,48)/t29-,37-/m0/s1. The van der Waals surface area contributed by atoms with Crippen molar-refractivity contribution in [3.8, 4) is 28.3 Å². The van der Waals surface area contributed by atoms with Crippen LogP contribution in [0.4, 0.5) is 22.0 Å². The second-order valence-electron chi connectivity index (χ2n) is 13.1. The molecule has 2 aromatic heterocycles. The van der Waals surface area contributed by atoms with E-state index in [4.69, 9.17) is 21.3 Å². The highest BCUT2D eigenvalue weighted by Gasteiger charge is 2.46. The largest absolute Gasteiger partial charge is 0.481 e. The minimum atomic E-state index is -0.239. The van der Waals surface area contributed by atoms with Crippen molar-refractivity contribution >= 4 is 40.7 Å². The monoisotopic (exact) mass is 680 g/mol. The lowest BCUT2D eigenvalue weighted by atomic mass is 9.96. The first-order valence-electron chi connectivity index (χ1n) is 16.6. The molecule has 0 saturated carbocycles. The Balaban J connectivity index is 1.21. The molecule has 0 radical (unpaired) electrons. The van der Waals surface area contributed by atoms with Crippen molar-refractivity contribution in [3.63, 3.8) is 0 Å². The number of methoxy groups -OCH3 is 1. The molecule has 0 bridgehead atoms. The minimum Gasteiger partial charge on any atom is -0.481 e. The lowest BCUT2D eigenvalue weighted by molar-refractivity contribution is 0.0964. The van der Waals surface area contributed by atoms with Gasteiger partial charge < -0.3 is 31.3 Å². The van der Waals surface area contributed by atoms with Gasteiger partial charge in [0.15, 0.2) is 0 Å². The molecule has 2 saturated heterocycles. The van der Waals surface area contributed by atoms with Gasteiger partial charge in [0, 0.05) is 67.8 Å². The predicted octanol–water partition coefficient (Wildman–Crippen LogP) is 5.98. The fraction of sp³-hybridized carbons (Fsp3) is 0.351. The van der Waals surface area contributed by atoms with E-state index in [0.29, 0.717) is 34.5 Å².